The molecule has 2 aromatic carbocycles. The maximum Gasteiger partial charge on any atom is 0.312 e. The number of fused-ring (bicyclic) bond motifs is 2. The van der Waals surface area contributed by atoms with Gasteiger partial charge in [0.1, 0.15) is 60.2 Å². The molecule has 8 N–H and O–H groups in total. The fraction of sp³-hybridized carbons (Fsp3) is 0.435. The maximum absolute atomic E-state index is 13.8. The number of amides is 3. The largest absolute Gasteiger partial charge is 0.481 e. The standard InChI is InChI=1S/C46H57FN6O17S2/c1-7-52(8-2)26-11-14-29-36(19-26)69-37-20-27(53(9-3)10-4)12-15-30(37)42(29)31-16-13-28(21-38(31)71(64,65)66)72(67,68)70-51-34(23-41(59)60)45(62)48-32(17-18-39(55)56)44(61)50-43(25(5)6)46(63)49-33(22-40(57)58)35(54)24-47/h11-16,19-21,25,32-34,43,51H,7-10,17-18,22-24H2,1-6H3,(H6-,48,49,50,55,56,57,58,59,60,61,62,63,64,65,66)/p+1. The van der Waals surface area contributed by atoms with Crippen molar-refractivity contribution in [3.63, 3.8) is 0 Å². The Balaban J connectivity index is 1.73. The lowest BCUT2D eigenvalue weighted by atomic mass is 9.93. The highest BCUT2D eigenvalue weighted by molar-refractivity contribution is 7.87. The molecule has 0 bridgehead atoms. The molecule has 392 valence electrons. The summed E-state index contributed by atoms with van der Waals surface area (Å²) in [6.07, 6.45) is -3.74. The molecule has 1 heterocycles. The lowest BCUT2D eigenvalue weighted by Gasteiger charge is -2.27. The molecular weight excluding hydrogens is 992 g/mol. The second kappa shape index (κ2) is 25.0. The SMILES string of the molecule is CCN(CC)c1ccc2c(-c3ccc(S(=O)(=O)ONC(CC(=O)O)C(=O)NC(CCC(=O)O)C(=O)NC(C(=O)NC(CC(=O)O)C(=O)CF)C(C)C)cc3S(=O)(=O)O)c3ccc(=[N+](CC)CC)cc-3oc2c1. The van der Waals surface area contributed by atoms with E-state index in [1.807, 2.05) is 33.0 Å². The van der Waals surface area contributed by atoms with Gasteiger partial charge in [0.15, 0.2) is 5.78 Å². The van der Waals surface area contributed by atoms with E-state index in [1.165, 1.54) is 13.8 Å². The number of carbonyl (C=O) groups excluding carboxylic acids is 4. The van der Waals surface area contributed by atoms with Crippen LogP contribution < -0.4 is 36.3 Å². The van der Waals surface area contributed by atoms with Gasteiger partial charge in [-0.05, 0) is 70.4 Å². The Morgan fingerprint density at radius 1 is 0.736 bits per heavy atom. The predicted molar refractivity (Wildman–Crippen MR) is 256 cm³/mol. The highest BCUT2D eigenvalue weighted by atomic mass is 32.2. The molecule has 0 saturated heterocycles. The summed E-state index contributed by atoms with van der Waals surface area (Å²) in [4.78, 5) is 87.3. The molecule has 0 spiro atoms. The van der Waals surface area contributed by atoms with Gasteiger partial charge in [0.05, 0.1) is 23.8 Å². The number of hydrogen-bond donors (Lipinski definition) is 8. The number of hydrogen-bond acceptors (Lipinski definition) is 15. The Kier molecular flexibility index (Phi) is 20.0. The first-order chi connectivity index (χ1) is 33.8. The van der Waals surface area contributed by atoms with Gasteiger partial charge in [0.2, 0.25) is 23.1 Å². The van der Waals surface area contributed by atoms with Crippen molar-refractivity contribution in [2.24, 2.45) is 5.92 Å². The van der Waals surface area contributed by atoms with E-state index in [0.29, 0.717) is 54.5 Å². The van der Waals surface area contributed by atoms with Crippen LogP contribution in [-0.2, 0) is 58.1 Å². The number of carboxylic acids is 3. The normalized spacial score (nSPS) is 13.5. The molecule has 3 amide bonds. The number of carboxylic acid groups (broad SMARTS) is 3. The molecule has 2 aromatic rings. The fourth-order valence-corrected chi connectivity index (χ4v) is 9.35. The van der Waals surface area contributed by atoms with Gasteiger partial charge in [-0.15, -0.1) is 0 Å². The zero-order valence-electron chi connectivity index (χ0n) is 40.1. The summed E-state index contributed by atoms with van der Waals surface area (Å²) < 4.78 is 91.2. The number of alkyl halides is 1. The van der Waals surface area contributed by atoms with Crippen molar-refractivity contribution in [1.29, 1.82) is 0 Å². The minimum atomic E-state index is -5.28. The first-order valence-electron chi connectivity index (χ1n) is 22.6. The second-order valence-corrected chi connectivity index (χ2v) is 19.5. The minimum absolute atomic E-state index is 0.152. The van der Waals surface area contributed by atoms with Crippen LogP contribution in [0, 0.1) is 5.92 Å². The van der Waals surface area contributed by atoms with Crippen molar-refractivity contribution in [3.8, 4) is 22.5 Å². The van der Waals surface area contributed by atoms with Gasteiger partial charge in [-0.25, -0.2) is 8.97 Å². The molecule has 0 saturated carbocycles. The zero-order valence-corrected chi connectivity index (χ0v) is 41.8. The van der Waals surface area contributed by atoms with Crippen molar-refractivity contribution < 1.29 is 83.4 Å². The molecule has 0 radical (unpaired) electrons. The smallest absolute Gasteiger partial charge is 0.312 e. The predicted octanol–water partition coefficient (Wildman–Crippen LogP) is 2.15. The van der Waals surface area contributed by atoms with Crippen LogP contribution in [0.3, 0.4) is 0 Å². The Morgan fingerprint density at radius 2 is 1.33 bits per heavy atom. The molecule has 4 unspecified atom stereocenters. The highest BCUT2D eigenvalue weighted by Crippen LogP contribution is 2.43. The lowest BCUT2D eigenvalue weighted by Crippen LogP contribution is -2.59. The summed E-state index contributed by atoms with van der Waals surface area (Å²) >= 11 is 0. The molecule has 4 rings (SSSR count). The third-order valence-corrected chi connectivity index (χ3v) is 13.5. The van der Waals surface area contributed by atoms with E-state index in [9.17, 15) is 69.6 Å². The number of benzene rings is 3. The van der Waals surface area contributed by atoms with E-state index < -0.39 is 134 Å². The van der Waals surface area contributed by atoms with Crippen LogP contribution in [0.25, 0.3) is 33.4 Å². The van der Waals surface area contributed by atoms with Crippen LogP contribution in [-0.4, -0.2) is 135 Å². The average Bonchev–Trinajstić information content (AvgIpc) is 3.31. The number of aliphatic carboxylic acids is 3. The number of Topliss-reactive ketones (excluding diaryl/α,β-unsaturated/α-hetero) is 1. The minimum Gasteiger partial charge on any atom is -0.481 e. The molecule has 0 fully saturated rings. The van der Waals surface area contributed by atoms with Crippen molar-refractivity contribution in [2.75, 3.05) is 37.8 Å². The number of halogens is 1. The van der Waals surface area contributed by atoms with Gasteiger partial charge >= 0.3 is 28.0 Å². The number of carbonyl (C=O) groups is 7. The summed E-state index contributed by atoms with van der Waals surface area (Å²) in [5.74, 6) is -10.4. The Morgan fingerprint density at radius 3 is 1.89 bits per heavy atom. The van der Waals surface area contributed by atoms with Crippen LogP contribution >= 0.6 is 0 Å². The Bertz CT molecular complexity index is 2970. The molecule has 4 atom stereocenters. The van der Waals surface area contributed by atoms with Gasteiger partial charge in [-0.1, -0.05) is 19.9 Å². The van der Waals surface area contributed by atoms with E-state index >= 15 is 0 Å². The number of nitrogens with one attached hydrogen (secondary N) is 4. The second-order valence-electron chi connectivity index (χ2n) is 16.6. The topological polar surface area (TPSA) is 345 Å². The third-order valence-electron chi connectivity index (χ3n) is 11.5. The van der Waals surface area contributed by atoms with Crippen LogP contribution in [0.4, 0.5) is 10.1 Å². The molecule has 1 aliphatic heterocycles. The summed E-state index contributed by atoms with van der Waals surface area (Å²) in [7, 11) is -10.5. The van der Waals surface area contributed by atoms with Crippen LogP contribution in [0.2, 0.25) is 0 Å². The van der Waals surface area contributed by atoms with Crippen LogP contribution in [0.5, 0.6) is 0 Å². The van der Waals surface area contributed by atoms with E-state index in [0.717, 1.165) is 23.2 Å². The maximum atomic E-state index is 13.8. The van der Waals surface area contributed by atoms with Crippen LogP contribution in [0.15, 0.2) is 68.8 Å². The first-order valence-corrected chi connectivity index (χ1v) is 25.4. The van der Waals surface area contributed by atoms with Gasteiger partial charge < -0.3 is 40.6 Å². The summed E-state index contributed by atoms with van der Waals surface area (Å²) in [5.41, 5.74) is 3.39. The number of rotatable bonds is 27. The van der Waals surface area contributed by atoms with E-state index in [4.69, 9.17) is 13.8 Å². The quantitative estimate of drug-likeness (QED) is 0.0184. The highest BCUT2D eigenvalue weighted by Gasteiger charge is 2.35. The molecule has 23 nitrogen and oxygen atoms in total. The van der Waals surface area contributed by atoms with Gasteiger partial charge in [-0.3, -0.25) is 38.1 Å². The monoisotopic (exact) mass is 1050 g/mol. The van der Waals surface area contributed by atoms with E-state index in [-0.39, 0.29) is 11.1 Å². The van der Waals surface area contributed by atoms with Crippen molar-refractivity contribution in [3.05, 3.63) is 60.0 Å². The Hall–Kier alpha value is -6.87. The van der Waals surface area contributed by atoms with Gasteiger partial charge in [0.25, 0.3) is 10.1 Å². The summed E-state index contributed by atoms with van der Waals surface area (Å²) in [5, 5.41) is 35.7. The Labute approximate surface area is 413 Å². The van der Waals surface area contributed by atoms with E-state index in [1.54, 1.807) is 41.9 Å². The number of nitrogens with zero attached hydrogens (tertiary/aromatic N) is 2. The fourth-order valence-electron chi connectivity index (χ4n) is 7.71. The summed E-state index contributed by atoms with van der Waals surface area (Å²) in [6, 6.07) is 5.68. The van der Waals surface area contributed by atoms with Crippen LogP contribution in [0.1, 0.15) is 67.2 Å². The number of anilines is 1. The van der Waals surface area contributed by atoms with E-state index in [2.05, 4.69) is 20.1 Å². The van der Waals surface area contributed by atoms with Crippen molar-refractivity contribution in [1.82, 2.24) is 26.0 Å². The zero-order chi connectivity index (χ0) is 53.8. The molecule has 26 heteroatoms. The molecule has 0 aromatic heterocycles. The molecule has 72 heavy (non-hydrogen) atoms. The van der Waals surface area contributed by atoms with Gasteiger partial charge in [0, 0.05) is 59.4 Å². The molecular formula is C46H58FN6O17S2+. The summed E-state index contributed by atoms with van der Waals surface area (Å²) in [6.45, 7) is 11.6. The van der Waals surface area contributed by atoms with Crippen molar-refractivity contribution >= 4 is 78.3 Å². The average molecular weight is 1050 g/mol. The van der Waals surface area contributed by atoms with Gasteiger partial charge in [-0.2, -0.15) is 26.6 Å². The third kappa shape index (κ3) is 14.6. The molecule has 1 aliphatic carbocycles. The number of hydroxylamine groups is 1. The number of ketones is 1. The first kappa shape index (κ1) is 57.7. The lowest BCUT2D eigenvalue weighted by molar-refractivity contribution is -0.142. The molecule has 2 aliphatic rings. The van der Waals surface area contributed by atoms with Crippen molar-refractivity contribution in [2.45, 2.75) is 101 Å².